The lowest BCUT2D eigenvalue weighted by Crippen LogP contribution is -2.11. The molecule has 1 aromatic rings. The van der Waals surface area contributed by atoms with Gasteiger partial charge in [0.1, 0.15) is 6.61 Å². The largest absolute Gasteiger partial charge is 0.461 e. The van der Waals surface area contributed by atoms with E-state index in [2.05, 4.69) is 49.7 Å². The van der Waals surface area contributed by atoms with Gasteiger partial charge in [-0.3, -0.25) is 4.79 Å². The van der Waals surface area contributed by atoms with Crippen LogP contribution in [0.4, 0.5) is 0 Å². The van der Waals surface area contributed by atoms with Gasteiger partial charge in [0.2, 0.25) is 6.79 Å². The lowest BCUT2D eigenvalue weighted by molar-refractivity contribution is -0.147. The predicted octanol–water partition coefficient (Wildman–Crippen LogP) is 4.46. The molecule has 0 spiro atoms. The average molecular weight is 381 g/mol. The van der Waals surface area contributed by atoms with Crippen LogP contribution in [-0.2, 0) is 16.1 Å². The van der Waals surface area contributed by atoms with Gasteiger partial charge in [0, 0.05) is 10.0 Å². The van der Waals surface area contributed by atoms with Gasteiger partial charge < -0.3 is 14.2 Å². The lowest BCUT2D eigenvalue weighted by atomic mass is 10.1. The number of allylic oxidation sites excluding steroid dienone is 2. The first-order chi connectivity index (χ1) is 10.8. The molecule has 0 bridgehead atoms. The zero-order valence-corrected chi connectivity index (χ0v) is 15.4. The van der Waals surface area contributed by atoms with Gasteiger partial charge in [-0.25, -0.2) is 0 Å². The van der Waals surface area contributed by atoms with Gasteiger partial charge in [0.15, 0.2) is 11.5 Å². The molecule has 0 radical (unpaired) electrons. The van der Waals surface area contributed by atoms with Crippen LogP contribution in [0.3, 0.4) is 0 Å². The van der Waals surface area contributed by atoms with Gasteiger partial charge >= 0.3 is 5.97 Å². The van der Waals surface area contributed by atoms with Crippen LogP contribution in [0, 0.1) is 17.3 Å². The summed E-state index contributed by atoms with van der Waals surface area (Å²) in [5.74, 6) is 1.46. The molecular weight excluding hydrogens is 360 g/mol. The Labute approximate surface area is 144 Å². The maximum Gasteiger partial charge on any atom is 0.310 e. The number of rotatable bonds is 4. The maximum atomic E-state index is 12.4. The van der Waals surface area contributed by atoms with Crippen molar-refractivity contribution in [2.45, 2.75) is 34.3 Å². The van der Waals surface area contributed by atoms with E-state index in [1.807, 2.05) is 12.1 Å². The smallest absolute Gasteiger partial charge is 0.310 e. The highest BCUT2D eigenvalue weighted by atomic mass is 79.9. The number of carbonyl (C=O) groups is 1. The van der Waals surface area contributed by atoms with Crippen LogP contribution in [0.1, 0.15) is 33.3 Å². The first-order valence-corrected chi connectivity index (χ1v) is 8.49. The average Bonchev–Trinajstić information content (AvgIpc) is 2.82. The quantitative estimate of drug-likeness (QED) is 0.571. The molecule has 5 heteroatoms. The molecule has 1 heterocycles. The van der Waals surface area contributed by atoms with Crippen LogP contribution in [0.2, 0.25) is 0 Å². The van der Waals surface area contributed by atoms with E-state index in [4.69, 9.17) is 14.2 Å². The number of hydrogen-bond acceptors (Lipinski definition) is 4. The number of benzene rings is 1. The van der Waals surface area contributed by atoms with Crippen molar-refractivity contribution in [1.29, 1.82) is 0 Å². The van der Waals surface area contributed by atoms with E-state index in [0.29, 0.717) is 11.5 Å². The molecule has 2 atom stereocenters. The van der Waals surface area contributed by atoms with E-state index < -0.39 is 0 Å². The minimum Gasteiger partial charge on any atom is -0.461 e. The van der Waals surface area contributed by atoms with Gasteiger partial charge in [-0.05, 0) is 37.3 Å². The topological polar surface area (TPSA) is 44.8 Å². The Balaban J connectivity index is 1.65. The molecule has 1 fully saturated rings. The van der Waals surface area contributed by atoms with Crippen molar-refractivity contribution in [2.75, 3.05) is 6.79 Å². The summed E-state index contributed by atoms with van der Waals surface area (Å²) < 4.78 is 17.1. The van der Waals surface area contributed by atoms with Crippen molar-refractivity contribution in [3.63, 3.8) is 0 Å². The van der Waals surface area contributed by atoms with Crippen molar-refractivity contribution < 1.29 is 19.0 Å². The zero-order valence-electron chi connectivity index (χ0n) is 13.8. The van der Waals surface area contributed by atoms with E-state index in [0.717, 1.165) is 10.0 Å². The van der Waals surface area contributed by atoms with E-state index in [9.17, 15) is 4.79 Å². The van der Waals surface area contributed by atoms with Gasteiger partial charge in [-0.1, -0.05) is 41.4 Å². The highest BCUT2D eigenvalue weighted by Gasteiger charge is 2.61. The Morgan fingerprint density at radius 3 is 2.65 bits per heavy atom. The third-order valence-electron chi connectivity index (χ3n) is 4.59. The van der Waals surface area contributed by atoms with Crippen molar-refractivity contribution in [1.82, 2.24) is 0 Å². The fourth-order valence-corrected chi connectivity index (χ4v) is 3.54. The molecular formula is C18H21BrO4. The monoisotopic (exact) mass is 380 g/mol. The minimum absolute atomic E-state index is 0.0273. The highest BCUT2D eigenvalue weighted by Crippen LogP contribution is 2.59. The Kier molecular flexibility index (Phi) is 4.17. The fraction of sp³-hybridized carbons (Fsp3) is 0.500. The molecule has 3 rings (SSSR count). The number of halogens is 1. The number of hydrogen-bond donors (Lipinski definition) is 0. The summed E-state index contributed by atoms with van der Waals surface area (Å²) >= 11 is 3.48. The molecule has 1 aliphatic heterocycles. The lowest BCUT2D eigenvalue weighted by Gasteiger charge is -2.08. The van der Waals surface area contributed by atoms with Crippen LogP contribution < -0.4 is 9.47 Å². The van der Waals surface area contributed by atoms with E-state index >= 15 is 0 Å². The molecule has 124 valence electrons. The minimum atomic E-state index is -0.137. The number of ether oxygens (including phenoxy) is 3. The van der Waals surface area contributed by atoms with E-state index in [-0.39, 0.29) is 36.6 Å². The van der Waals surface area contributed by atoms with Crippen molar-refractivity contribution in [2.24, 2.45) is 17.3 Å². The number of carbonyl (C=O) groups excluding carboxylic acids is 1. The third-order valence-corrected chi connectivity index (χ3v) is 5.33. The molecule has 2 unspecified atom stereocenters. The summed E-state index contributed by atoms with van der Waals surface area (Å²) in [6.07, 6.45) is 2.17. The Morgan fingerprint density at radius 2 is 2.00 bits per heavy atom. The molecule has 0 saturated heterocycles. The molecule has 1 aliphatic carbocycles. The predicted molar refractivity (Wildman–Crippen MR) is 90.3 cm³/mol. The van der Waals surface area contributed by atoms with Crippen molar-refractivity contribution >= 4 is 21.9 Å². The van der Waals surface area contributed by atoms with Crippen LogP contribution in [-0.4, -0.2) is 12.8 Å². The van der Waals surface area contributed by atoms with E-state index in [1.54, 1.807) is 0 Å². The van der Waals surface area contributed by atoms with Crippen LogP contribution in [0.25, 0.3) is 0 Å². The molecule has 1 saturated carbocycles. The second-order valence-electron chi connectivity index (χ2n) is 6.97. The first kappa shape index (κ1) is 16.4. The zero-order chi connectivity index (χ0) is 16.8. The third kappa shape index (κ3) is 3.11. The summed E-state index contributed by atoms with van der Waals surface area (Å²) in [5.41, 5.74) is 2.08. The Hall–Kier alpha value is -1.49. The molecule has 0 aromatic heterocycles. The van der Waals surface area contributed by atoms with Gasteiger partial charge in [-0.2, -0.15) is 0 Å². The first-order valence-electron chi connectivity index (χ1n) is 7.70. The molecule has 0 N–H and O–H groups in total. The second-order valence-corrected chi connectivity index (χ2v) is 7.83. The number of esters is 1. The van der Waals surface area contributed by atoms with Gasteiger partial charge in [0.05, 0.1) is 5.92 Å². The summed E-state index contributed by atoms with van der Waals surface area (Å²) in [7, 11) is 0. The van der Waals surface area contributed by atoms with Crippen LogP contribution >= 0.6 is 15.9 Å². The summed E-state index contributed by atoms with van der Waals surface area (Å²) in [4.78, 5) is 12.4. The molecule has 4 nitrogen and oxygen atoms in total. The van der Waals surface area contributed by atoms with Crippen molar-refractivity contribution in [3.05, 3.63) is 33.8 Å². The van der Waals surface area contributed by atoms with Crippen LogP contribution in [0.5, 0.6) is 11.5 Å². The maximum absolute atomic E-state index is 12.4. The van der Waals surface area contributed by atoms with Crippen molar-refractivity contribution in [3.8, 4) is 11.5 Å². The summed E-state index contributed by atoms with van der Waals surface area (Å²) in [5, 5.41) is 0. The normalized spacial score (nSPS) is 23.3. The molecule has 23 heavy (non-hydrogen) atoms. The van der Waals surface area contributed by atoms with Crippen LogP contribution in [0.15, 0.2) is 28.3 Å². The highest BCUT2D eigenvalue weighted by molar-refractivity contribution is 9.10. The SMILES string of the molecule is CC(C)=CC1C(C(=O)OCc2cc3c(cc2Br)OCO3)C1(C)C. The standard InChI is InChI=1S/C18H21BrO4/c1-10(2)5-12-16(18(12,3)4)17(20)21-8-11-6-14-15(7-13(11)19)23-9-22-14/h5-7,12,16H,8-9H2,1-4H3. The molecule has 2 aliphatic rings. The molecule has 1 aromatic carbocycles. The second kappa shape index (κ2) is 5.86. The fourth-order valence-electron chi connectivity index (χ4n) is 3.11. The van der Waals surface area contributed by atoms with E-state index in [1.165, 1.54) is 5.57 Å². The summed E-state index contributed by atoms with van der Waals surface area (Å²) in [6.45, 7) is 8.79. The number of fused-ring (bicyclic) bond motifs is 1. The van der Waals surface area contributed by atoms with Gasteiger partial charge in [0.25, 0.3) is 0 Å². The Morgan fingerprint density at radius 1 is 1.35 bits per heavy atom. The van der Waals surface area contributed by atoms with Gasteiger partial charge in [-0.15, -0.1) is 0 Å². The Bertz CT molecular complexity index is 674. The summed E-state index contributed by atoms with van der Waals surface area (Å²) in [6, 6.07) is 3.70. The molecule has 0 amide bonds.